The Hall–Kier alpha value is -3.14. The van der Waals surface area contributed by atoms with Crippen LogP contribution in [0.1, 0.15) is 36.1 Å². The molecule has 2 aromatic rings. The minimum atomic E-state index is -0.00659. The van der Waals surface area contributed by atoms with Crippen LogP contribution in [0.5, 0.6) is 0 Å². The Labute approximate surface area is 165 Å². The van der Waals surface area contributed by atoms with Gasteiger partial charge >= 0.3 is 6.03 Å². The molecule has 2 amide bonds. The molecule has 2 heterocycles. The summed E-state index contributed by atoms with van der Waals surface area (Å²) in [5.74, 6) is 1.01. The molecule has 1 aromatic carbocycles. The van der Waals surface area contributed by atoms with Gasteiger partial charge in [0.15, 0.2) is 11.5 Å². The fraction of sp³-hybridized carbons (Fsp3) is 0.429. The molecule has 1 aromatic heterocycles. The maximum Gasteiger partial charge on any atom is 0.317 e. The number of nitriles is 1. The van der Waals surface area contributed by atoms with Crippen molar-refractivity contribution < 1.29 is 4.79 Å². The highest BCUT2D eigenvalue weighted by Gasteiger charge is 2.41. The first-order chi connectivity index (χ1) is 13.6. The minimum Gasteiger partial charge on any atom is -0.350 e. The lowest BCUT2D eigenvalue weighted by Gasteiger charge is -2.40. The Kier molecular flexibility index (Phi) is 4.86. The SMILES string of the molecule is Cc1ccccc1[C@@H]1C[C@H]1NC(=O)N1CCN(c2nccnc2C#N)C[C@@H]1C. The van der Waals surface area contributed by atoms with E-state index in [0.29, 0.717) is 37.1 Å². The molecular formula is C21H24N6O. The second-order valence-electron chi connectivity index (χ2n) is 7.58. The lowest BCUT2D eigenvalue weighted by Crippen LogP contribution is -2.57. The molecule has 0 bridgehead atoms. The van der Waals surface area contributed by atoms with Crippen molar-refractivity contribution in [2.24, 2.45) is 0 Å². The number of anilines is 1. The molecule has 0 unspecified atom stereocenters. The van der Waals surface area contributed by atoms with Crippen molar-refractivity contribution in [3.05, 3.63) is 53.5 Å². The third-order valence-corrected chi connectivity index (χ3v) is 5.66. The molecule has 1 saturated heterocycles. The summed E-state index contributed by atoms with van der Waals surface area (Å²) in [4.78, 5) is 25.1. The van der Waals surface area contributed by atoms with E-state index in [-0.39, 0.29) is 18.1 Å². The highest BCUT2D eigenvalue weighted by molar-refractivity contribution is 5.76. The van der Waals surface area contributed by atoms with Gasteiger partial charge in [-0.1, -0.05) is 24.3 Å². The second-order valence-corrected chi connectivity index (χ2v) is 7.58. The number of hydrogen-bond donors (Lipinski definition) is 1. The summed E-state index contributed by atoms with van der Waals surface area (Å²) in [6.07, 6.45) is 4.12. The van der Waals surface area contributed by atoms with Crippen molar-refractivity contribution in [1.82, 2.24) is 20.2 Å². The van der Waals surface area contributed by atoms with Crippen LogP contribution in [0.25, 0.3) is 0 Å². The van der Waals surface area contributed by atoms with E-state index in [0.717, 1.165) is 6.42 Å². The Morgan fingerprint density at radius 1 is 1.25 bits per heavy atom. The Balaban J connectivity index is 1.36. The number of benzene rings is 1. The van der Waals surface area contributed by atoms with Crippen LogP contribution in [0.4, 0.5) is 10.6 Å². The predicted molar refractivity (Wildman–Crippen MR) is 106 cm³/mol. The first-order valence-corrected chi connectivity index (χ1v) is 9.67. The maximum absolute atomic E-state index is 12.8. The number of rotatable bonds is 3. The molecule has 7 heteroatoms. The van der Waals surface area contributed by atoms with Crippen molar-refractivity contribution in [3.63, 3.8) is 0 Å². The van der Waals surface area contributed by atoms with Crippen LogP contribution in [-0.2, 0) is 0 Å². The van der Waals surface area contributed by atoms with Crippen molar-refractivity contribution in [2.75, 3.05) is 24.5 Å². The first-order valence-electron chi connectivity index (χ1n) is 9.67. The van der Waals surface area contributed by atoms with Gasteiger partial charge in [0.1, 0.15) is 6.07 Å². The van der Waals surface area contributed by atoms with Crippen molar-refractivity contribution in [3.8, 4) is 6.07 Å². The minimum absolute atomic E-state index is 0.00659. The molecular weight excluding hydrogens is 352 g/mol. The summed E-state index contributed by atoms with van der Waals surface area (Å²) in [7, 11) is 0. The van der Waals surface area contributed by atoms with E-state index in [1.54, 1.807) is 6.20 Å². The Bertz CT molecular complexity index is 923. The number of carbonyl (C=O) groups is 1. The van der Waals surface area contributed by atoms with E-state index in [9.17, 15) is 10.1 Å². The number of aromatic nitrogens is 2. The summed E-state index contributed by atoms with van der Waals surface area (Å²) in [5, 5.41) is 12.4. The number of nitrogens with zero attached hydrogens (tertiary/aromatic N) is 5. The van der Waals surface area contributed by atoms with Crippen LogP contribution in [0.2, 0.25) is 0 Å². The monoisotopic (exact) mass is 376 g/mol. The van der Waals surface area contributed by atoms with Gasteiger partial charge in [0.2, 0.25) is 0 Å². The Morgan fingerprint density at radius 2 is 2.04 bits per heavy atom. The highest BCUT2D eigenvalue weighted by atomic mass is 16.2. The lowest BCUT2D eigenvalue weighted by atomic mass is 10.0. The summed E-state index contributed by atoms with van der Waals surface area (Å²) >= 11 is 0. The molecule has 0 spiro atoms. The topological polar surface area (TPSA) is 85.2 Å². The lowest BCUT2D eigenvalue weighted by molar-refractivity contribution is 0.170. The molecule has 3 atom stereocenters. The van der Waals surface area contributed by atoms with Crippen LogP contribution >= 0.6 is 0 Å². The third kappa shape index (κ3) is 3.50. The fourth-order valence-electron chi connectivity index (χ4n) is 4.04. The number of carbonyl (C=O) groups excluding carboxylic acids is 1. The third-order valence-electron chi connectivity index (χ3n) is 5.66. The summed E-state index contributed by atoms with van der Waals surface area (Å²) < 4.78 is 0. The number of amides is 2. The van der Waals surface area contributed by atoms with Gasteiger partial charge in [0.25, 0.3) is 0 Å². The van der Waals surface area contributed by atoms with Crippen molar-refractivity contribution in [1.29, 1.82) is 5.26 Å². The van der Waals surface area contributed by atoms with Crippen LogP contribution in [0.15, 0.2) is 36.7 Å². The average Bonchev–Trinajstić information content (AvgIpc) is 3.46. The Morgan fingerprint density at radius 3 is 2.79 bits per heavy atom. The first kappa shape index (κ1) is 18.2. The van der Waals surface area contributed by atoms with E-state index in [1.165, 1.54) is 17.3 Å². The van der Waals surface area contributed by atoms with E-state index < -0.39 is 0 Å². The van der Waals surface area contributed by atoms with Gasteiger partial charge in [0.05, 0.1) is 0 Å². The molecule has 2 fully saturated rings. The average molecular weight is 376 g/mol. The van der Waals surface area contributed by atoms with Gasteiger partial charge in [0, 0.05) is 50.0 Å². The number of hydrogen-bond acceptors (Lipinski definition) is 5. The maximum atomic E-state index is 12.8. The second kappa shape index (κ2) is 7.47. The molecule has 1 aliphatic carbocycles. The molecule has 0 radical (unpaired) electrons. The zero-order chi connectivity index (χ0) is 19.7. The van der Waals surface area contributed by atoms with Crippen molar-refractivity contribution >= 4 is 11.8 Å². The van der Waals surface area contributed by atoms with E-state index >= 15 is 0 Å². The fourth-order valence-corrected chi connectivity index (χ4v) is 4.04. The van der Waals surface area contributed by atoms with Crippen LogP contribution in [0, 0.1) is 18.3 Å². The molecule has 2 aliphatic rings. The molecule has 7 nitrogen and oxygen atoms in total. The normalized spacial score (nSPS) is 23.8. The van der Waals surface area contributed by atoms with Crippen LogP contribution < -0.4 is 10.2 Å². The van der Waals surface area contributed by atoms with E-state index in [4.69, 9.17) is 0 Å². The zero-order valence-corrected chi connectivity index (χ0v) is 16.2. The quantitative estimate of drug-likeness (QED) is 0.889. The summed E-state index contributed by atoms with van der Waals surface area (Å²) in [6, 6.07) is 10.7. The number of aryl methyl sites for hydroxylation is 1. The van der Waals surface area contributed by atoms with Gasteiger partial charge in [-0.25, -0.2) is 14.8 Å². The summed E-state index contributed by atoms with van der Waals surface area (Å²) in [5.41, 5.74) is 2.94. The molecule has 1 aliphatic heterocycles. The largest absolute Gasteiger partial charge is 0.350 e. The summed E-state index contributed by atoms with van der Waals surface area (Å²) in [6.45, 7) is 6.01. The van der Waals surface area contributed by atoms with Crippen molar-refractivity contribution in [2.45, 2.75) is 38.3 Å². The number of nitrogens with one attached hydrogen (secondary N) is 1. The van der Waals surface area contributed by atoms with Gasteiger partial charge in [-0.05, 0) is 31.4 Å². The molecule has 144 valence electrons. The number of piperazine rings is 1. The smallest absolute Gasteiger partial charge is 0.317 e. The number of urea groups is 1. The van der Waals surface area contributed by atoms with Gasteiger partial charge in [-0.3, -0.25) is 0 Å². The zero-order valence-electron chi connectivity index (χ0n) is 16.2. The van der Waals surface area contributed by atoms with Crippen LogP contribution in [0.3, 0.4) is 0 Å². The molecule has 4 rings (SSSR count). The molecule has 1 N–H and O–H groups in total. The molecule has 28 heavy (non-hydrogen) atoms. The predicted octanol–water partition coefficient (Wildman–Crippen LogP) is 2.43. The van der Waals surface area contributed by atoms with Crippen LogP contribution in [-0.4, -0.2) is 52.6 Å². The van der Waals surface area contributed by atoms with E-state index in [1.807, 2.05) is 22.8 Å². The van der Waals surface area contributed by atoms with Gasteiger partial charge < -0.3 is 15.1 Å². The highest BCUT2D eigenvalue weighted by Crippen LogP contribution is 2.42. The standard InChI is InChI=1S/C21H24N6O/c1-14-5-3-4-6-16(14)17-11-18(17)25-21(28)27-10-9-26(13-15(27)2)20-19(12-22)23-7-8-24-20/h3-8,15,17-18H,9-11,13H2,1-2H3,(H,25,28)/t15-,17-,18+/m0/s1. The van der Waals surface area contributed by atoms with Gasteiger partial charge in [-0.15, -0.1) is 0 Å². The van der Waals surface area contributed by atoms with Gasteiger partial charge in [-0.2, -0.15) is 5.26 Å². The molecule has 1 saturated carbocycles. The van der Waals surface area contributed by atoms with E-state index in [2.05, 4.69) is 46.5 Å².